The van der Waals surface area contributed by atoms with Crippen LogP contribution >= 0.6 is 15.9 Å². The van der Waals surface area contributed by atoms with E-state index in [1.54, 1.807) is 14.2 Å². The number of likely N-dealkylation sites (tertiary alicyclic amines) is 1. The van der Waals surface area contributed by atoms with Gasteiger partial charge in [-0.3, -0.25) is 4.90 Å². The summed E-state index contributed by atoms with van der Waals surface area (Å²) < 4.78 is 11.9. The minimum absolute atomic E-state index is 0.118. The average molecular weight is 357 g/mol. The summed E-state index contributed by atoms with van der Waals surface area (Å²) in [6.45, 7) is 2.67. The molecule has 118 valence electrons. The van der Waals surface area contributed by atoms with Gasteiger partial charge in [-0.15, -0.1) is 0 Å². The predicted molar refractivity (Wildman–Crippen MR) is 88.7 cm³/mol. The van der Waals surface area contributed by atoms with E-state index in [2.05, 4.69) is 26.9 Å². The van der Waals surface area contributed by atoms with Crippen molar-refractivity contribution in [2.45, 2.75) is 31.3 Å². The van der Waals surface area contributed by atoms with Crippen LogP contribution in [0.3, 0.4) is 0 Å². The van der Waals surface area contributed by atoms with Crippen molar-refractivity contribution in [2.24, 2.45) is 5.73 Å². The fraction of sp³-hybridized carbons (Fsp3) is 0.625. The molecule has 4 nitrogen and oxygen atoms in total. The molecule has 21 heavy (non-hydrogen) atoms. The van der Waals surface area contributed by atoms with Crippen molar-refractivity contribution in [1.29, 1.82) is 0 Å². The Balaban J connectivity index is 2.35. The molecule has 1 aliphatic heterocycles. The van der Waals surface area contributed by atoms with Crippen LogP contribution in [0.2, 0.25) is 0 Å². The lowest BCUT2D eigenvalue weighted by molar-refractivity contribution is 0.113. The first-order valence-corrected chi connectivity index (χ1v) is 8.28. The smallest absolute Gasteiger partial charge is 0.123 e. The maximum absolute atomic E-state index is 6.49. The molecule has 0 spiro atoms. The summed E-state index contributed by atoms with van der Waals surface area (Å²) in [6, 6.07) is 6.44. The molecule has 1 aliphatic rings. The van der Waals surface area contributed by atoms with Gasteiger partial charge in [0.25, 0.3) is 0 Å². The van der Waals surface area contributed by atoms with Crippen molar-refractivity contribution in [3.63, 3.8) is 0 Å². The third kappa shape index (κ3) is 4.19. The van der Waals surface area contributed by atoms with Crippen LogP contribution in [0.5, 0.6) is 5.75 Å². The number of halogens is 1. The number of ether oxygens (including phenoxy) is 2. The molecule has 2 atom stereocenters. The molecule has 2 rings (SSSR count). The van der Waals surface area contributed by atoms with Crippen LogP contribution in [0.4, 0.5) is 0 Å². The second kappa shape index (κ2) is 8.13. The minimum Gasteiger partial charge on any atom is -0.496 e. The molecule has 1 saturated heterocycles. The Labute approximate surface area is 135 Å². The number of rotatable bonds is 5. The van der Waals surface area contributed by atoms with E-state index in [1.165, 1.54) is 12.8 Å². The van der Waals surface area contributed by atoms with E-state index in [4.69, 9.17) is 15.2 Å². The summed E-state index contributed by atoms with van der Waals surface area (Å²) in [5.74, 6) is 0.906. The van der Waals surface area contributed by atoms with Gasteiger partial charge in [0, 0.05) is 29.7 Å². The van der Waals surface area contributed by atoms with Gasteiger partial charge in [-0.05, 0) is 37.6 Å². The highest BCUT2D eigenvalue weighted by molar-refractivity contribution is 9.10. The first kappa shape index (κ1) is 16.7. The summed E-state index contributed by atoms with van der Waals surface area (Å²) >= 11 is 3.56. The SMILES string of the molecule is COCCN1CCCCC(N)C1c1cc(Br)ccc1OC. The van der Waals surface area contributed by atoms with Crippen molar-refractivity contribution in [3.8, 4) is 5.75 Å². The van der Waals surface area contributed by atoms with Crippen molar-refractivity contribution in [1.82, 2.24) is 4.90 Å². The summed E-state index contributed by atoms with van der Waals surface area (Å²) in [5.41, 5.74) is 7.66. The van der Waals surface area contributed by atoms with Gasteiger partial charge in [0.2, 0.25) is 0 Å². The lowest BCUT2D eigenvalue weighted by Gasteiger charge is -2.34. The van der Waals surface area contributed by atoms with Gasteiger partial charge in [-0.25, -0.2) is 0 Å². The van der Waals surface area contributed by atoms with Gasteiger partial charge in [-0.1, -0.05) is 22.4 Å². The third-order valence-electron chi connectivity index (χ3n) is 4.12. The van der Waals surface area contributed by atoms with Crippen LogP contribution in [0.15, 0.2) is 22.7 Å². The number of methoxy groups -OCH3 is 2. The van der Waals surface area contributed by atoms with Crippen LogP contribution < -0.4 is 10.5 Å². The average Bonchev–Trinajstić information content (AvgIpc) is 2.66. The lowest BCUT2D eigenvalue weighted by atomic mass is 9.95. The lowest BCUT2D eigenvalue weighted by Crippen LogP contribution is -2.41. The first-order valence-electron chi connectivity index (χ1n) is 7.49. The largest absolute Gasteiger partial charge is 0.496 e. The van der Waals surface area contributed by atoms with Crippen LogP contribution in [0.25, 0.3) is 0 Å². The van der Waals surface area contributed by atoms with Gasteiger partial charge in [-0.2, -0.15) is 0 Å². The highest BCUT2D eigenvalue weighted by Gasteiger charge is 2.30. The van der Waals surface area contributed by atoms with E-state index >= 15 is 0 Å². The maximum atomic E-state index is 6.49. The van der Waals surface area contributed by atoms with E-state index in [9.17, 15) is 0 Å². The topological polar surface area (TPSA) is 47.7 Å². The summed E-state index contributed by atoms with van der Waals surface area (Å²) in [5, 5.41) is 0. The zero-order chi connectivity index (χ0) is 15.2. The Morgan fingerprint density at radius 1 is 1.33 bits per heavy atom. The van der Waals surface area contributed by atoms with Crippen LogP contribution in [-0.2, 0) is 4.74 Å². The van der Waals surface area contributed by atoms with Crippen LogP contribution in [-0.4, -0.2) is 44.9 Å². The fourth-order valence-electron chi connectivity index (χ4n) is 3.09. The van der Waals surface area contributed by atoms with Crippen LogP contribution in [0, 0.1) is 0 Å². The van der Waals surface area contributed by atoms with E-state index in [0.717, 1.165) is 41.9 Å². The van der Waals surface area contributed by atoms with E-state index in [0.29, 0.717) is 0 Å². The molecule has 2 N–H and O–H groups in total. The van der Waals surface area contributed by atoms with Gasteiger partial charge in [0.05, 0.1) is 19.8 Å². The number of nitrogens with two attached hydrogens (primary N) is 1. The summed E-state index contributed by atoms with van der Waals surface area (Å²) in [6.07, 6.45) is 3.41. The van der Waals surface area contributed by atoms with Crippen molar-refractivity contribution < 1.29 is 9.47 Å². The fourth-order valence-corrected chi connectivity index (χ4v) is 3.46. The molecule has 0 aromatic heterocycles. The Morgan fingerprint density at radius 2 is 2.14 bits per heavy atom. The van der Waals surface area contributed by atoms with Gasteiger partial charge < -0.3 is 15.2 Å². The molecule has 0 saturated carbocycles. The number of nitrogens with zero attached hydrogens (tertiary/aromatic N) is 1. The van der Waals surface area contributed by atoms with Gasteiger partial charge in [0.15, 0.2) is 0 Å². The Hall–Kier alpha value is -0.620. The maximum Gasteiger partial charge on any atom is 0.123 e. The number of hydrogen-bond donors (Lipinski definition) is 1. The molecule has 1 aromatic rings. The standard InChI is InChI=1S/C16H25BrN2O2/c1-20-10-9-19-8-4-3-5-14(18)16(19)13-11-12(17)6-7-15(13)21-2/h6-7,11,14,16H,3-5,8-10,18H2,1-2H3. The summed E-state index contributed by atoms with van der Waals surface area (Å²) in [4.78, 5) is 2.44. The summed E-state index contributed by atoms with van der Waals surface area (Å²) in [7, 11) is 3.46. The van der Waals surface area contributed by atoms with Crippen molar-refractivity contribution >= 4 is 15.9 Å². The molecule has 1 heterocycles. The van der Waals surface area contributed by atoms with Crippen molar-refractivity contribution in [3.05, 3.63) is 28.2 Å². The van der Waals surface area contributed by atoms with E-state index in [-0.39, 0.29) is 12.1 Å². The third-order valence-corrected chi connectivity index (χ3v) is 4.62. The van der Waals surface area contributed by atoms with Crippen LogP contribution in [0.1, 0.15) is 30.9 Å². The van der Waals surface area contributed by atoms with E-state index in [1.807, 2.05) is 12.1 Å². The first-order chi connectivity index (χ1) is 10.2. The molecule has 1 fully saturated rings. The highest BCUT2D eigenvalue weighted by Crippen LogP contribution is 2.36. The molecular formula is C16H25BrN2O2. The zero-order valence-electron chi connectivity index (χ0n) is 12.8. The molecule has 0 aliphatic carbocycles. The molecular weight excluding hydrogens is 332 g/mol. The number of hydrogen-bond acceptors (Lipinski definition) is 4. The normalized spacial score (nSPS) is 23.8. The Morgan fingerprint density at radius 3 is 2.86 bits per heavy atom. The second-order valence-corrected chi connectivity index (χ2v) is 6.44. The quantitative estimate of drug-likeness (QED) is 0.880. The molecule has 1 aromatic carbocycles. The second-order valence-electron chi connectivity index (χ2n) is 5.52. The molecule has 0 amide bonds. The Kier molecular flexibility index (Phi) is 6.48. The molecule has 0 bridgehead atoms. The Bertz CT molecular complexity index is 456. The minimum atomic E-state index is 0.118. The van der Waals surface area contributed by atoms with Gasteiger partial charge >= 0.3 is 0 Å². The van der Waals surface area contributed by atoms with Gasteiger partial charge in [0.1, 0.15) is 5.75 Å². The molecule has 0 radical (unpaired) electrons. The number of benzene rings is 1. The molecule has 2 unspecified atom stereocenters. The zero-order valence-corrected chi connectivity index (χ0v) is 14.4. The predicted octanol–water partition coefficient (Wildman–Crippen LogP) is 2.96. The molecule has 5 heteroatoms. The highest BCUT2D eigenvalue weighted by atomic mass is 79.9. The monoisotopic (exact) mass is 356 g/mol. The van der Waals surface area contributed by atoms with Crippen molar-refractivity contribution in [2.75, 3.05) is 33.9 Å². The van der Waals surface area contributed by atoms with E-state index < -0.39 is 0 Å².